The predicted molar refractivity (Wildman–Crippen MR) is 85.1 cm³/mol. The third-order valence-electron chi connectivity index (χ3n) is 2.91. The SMILES string of the molecule is C/C=C/CC(NC(=O)c1ccc(OCC(C)C)cc1)C(=O)O. The predicted octanol–water partition coefficient (Wildman–Crippen LogP) is 2.87. The molecule has 22 heavy (non-hydrogen) atoms. The van der Waals surface area contributed by atoms with Crippen molar-refractivity contribution in [3.05, 3.63) is 42.0 Å². The summed E-state index contributed by atoms with van der Waals surface area (Å²) in [6.07, 6.45) is 3.72. The van der Waals surface area contributed by atoms with Crippen molar-refractivity contribution < 1.29 is 19.4 Å². The average Bonchev–Trinajstić information content (AvgIpc) is 2.49. The van der Waals surface area contributed by atoms with Crippen LogP contribution < -0.4 is 10.1 Å². The highest BCUT2D eigenvalue weighted by atomic mass is 16.5. The molecule has 5 heteroatoms. The minimum atomic E-state index is -1.05. The lowest BCUT2D eigenvalue weighted by Crippen LogP contribution is -2.40. The lowest BCUT2D eigenvalue weighted by Gasteiger charge is -2.13. The number of carboxylic acids is 1. The van der Waals surface area contributed by atoms with Crippen LogP contribution in [0, 0.1) is 5.92 Å². The molecule has 1 amide bonds. The molecule has 0 fully saturated rings. The molecule has 0 radical (unpaired) electrons. The van der Waals surface area contributed by atoms with Crippen LogP contribution in [0.4, 0.5) is 0 Å². The Labute approximate surface area is 131 Å². The first-order chi connectivity index (χ1) is 10.4. The van der Waals surface area contributed by atoms with E-state index in [2.05, 4.69) is 19.2 Å². The van der Waals surface area contributed by atoms with E-state index in [1.807, 2.05) is 0 Å². The zero-order valence-electron chi connectivity index (χ0n) is 13.2. The van der Waals surface area contributed by atoms with Crippen molar-refractivity contribution in [2.24, 2.45) is 5.92 Å². The topological polar surface area (TPSA) is 75.6 Å². The van der Waals surface area contributed by atoms with Crippen LogP contribution >= 0.6 is 0 Å². The van der Waals surface area contributed by atoms with Gasteiger partial charge in [-0.2, -0.15) is 0 Å². The summed E-state index contributed by atoms with van der Waals surface area (Å²) in [6.45, 7) is 6.52. The van der Waals surface area contributed by atoms with Crippen molar-refractivity contribution >= 4 is 11.9 Å². The standard InChI is InChI=1S/C17H23NO4/c1-4-5-6-15(17(20)21)18-16(19)13-7-9-14(10-8-13)22-11-12(2)3/h4-5,7-10,12,15H,6,11H2,1-3H3,(H,18,19)(H,20,21)/b5-4+. The first-order valence-electron chi connectivity index (χ1n) is 7.31. The van der Waals surface area contributed by atoms with E-state index >= 15 is 0 Å². The van der Waals surface area contributed by atoms with Crippen molar-refractivity contribution in [1.82, 2.24) is 5.32 Å². The van der Waals surface area contributed by atoms with E-state index in [1.165, 1.54) is 0 Å². The first kappa shape index (κ1) is 17.8. The minimum absolute atomic E-state index is 0.257. The molecule has 0 bridgehead atoms. The van der Waals surface area contributed by atoms with Crippen molar-refractivity contribution in [2.75, 3.05) is 6.61 Å². The maximum Gasteiger partial charge on any atom is 0.326 e. The number of hydrogen-bond acceptors (Lipinski definition) is 3. The summed E-state index contributed by atoms with van der Waals surface area (Å²) >= 11 is 0. The van der Waals surface area contributed by atoms with Crippen molar-refractivity contribution in [2.45, 2.75) is 33.2 Å². The summed E-state index contributed by atoms with van der Waals surface area (Å²) in [5.74, 6) is -0.351. The molecular weight excluding hydrogens is 282 g/mol. The molecular formula is C17H23NO4. The van der Waals surface area contributed by atoms with E-state index in [0.29, 0.717) is 23.8 Å². The van der Waals surface area contributed by atoms with E-state index in [4.69, 9.17) is 9.84 Å². The molecule has 0 saturated heterocycles. The Kier molecular flexibility index (Phi) is 7.16. The van der Waals surface area contributed by atoms with Gasteiger partial charge in [0.25, 0.3) is 5.91 Å². The first-order valence-corrected chi connectivity index (χ1v) is 7.31. The van der Waals surface area contributed by atoms with Gasteiger partial charge in [-0.15, -0.1) is 0 Å². The van der Waals surface area contributed by atoms with Gasteiger partial charge in [0.05, 0.1) is 6.61 Å². The molecule has 0 aliphatic rings. The monoisotopic (exact) mass is 305 g/mol. The molecule has 1 rings (SSSR count). The van der Waals surface area contributed by atoms with Crippen LogP contribution in [0.5, 0.6) is 5.75 Å². The molecule has 0 saturated carbocycles. The molecule has 0 spiro atoms. The lowest BCUT2D eigenvalue weighted by molar-refractivity contribution is -0.139. The Morgan fingerprint density at radius 3 is 2.41 bits per heavy atom. The van der Waals surface area contributed by atoms with Gasteiger partial charge in [-0.3, -0.25) is 4.79 Å². The zero-order valence-corrected chi connectivity index (χ0v) is 13.2. The van der Waals surface area contributed by atoms with E-state index in [9.17, 15) is 9.59 Å². The molecule has 1 aromatic carbocycles. The summed E-state index contributed by atoms with van der Waals surface area (Å²) in [5, 5.41) is 11.6. The quantitative estimate of drug-likeness (QED) is 0.724. The molecule has 0 aliphatic heterocycles. The Morgan fingerprint density at radius 1 is 1.27 bits per heavy atom. The number of aliphatic carboxylic acids is 1. The third-order valence-corrected chi connectivity index (χ3v) is 2.91. The summed E-state index contributed by atoms with van der Waals surface area (Å²) in [7, 11) is 0. The van der Waals surface area contributed by atoms with Crippen LogP contribution in [0.1, 0.15) is 37.6 Å². The molecule has 120 valence electrons. The lowest BCUT2D eigenvalue weighted by atomic mass is 10.1. The maximum atomic E-state index is 12.1. The molecule has 5 nitrogen and oxygen atoms in total. The molecule has 1 atom stereocenters. The summed E-state index contributed by atoms with van der Waals surface area (Å²) in [4.78, 5) is 23.2. The number of nitrogens with one attached hydrogen (secondary N) is 1. The number of ether oxygens (including phenoxy) is 1. The van der Waals surface area contributed by atoms with Gasteiger partial charge in [0.2, 0.25) is 0 Å². The van der Waals surface area contributed by atoms with E-state index in [1.54, 1.807) is 43.3 Å². The van der Waals surface area contributed by atoms with Crippen molar-refractivity contribution in [1.29, 1.82) is 0 Å². The van der Waals surface area contributed by atoms with Crippen LogP contribution in [0.2, 0.25) is 0 Å². The van der Waals surface area contributed by atoms with E-state index in [0.717, 1.165) is 0 Å². The smallest absolute Gasteiger partial charge is 0.326 e. The van der Waals surface area contributed by atoms with Crippen LogP contribution in [0.25, 0.3) is 0 Å². The number of benzene rings is 1. The van der Waals surface area contributed by atoms with E-state index in [-0.39, 0.29) is 6.42 Å². The van der Waals surface area contributed by atoms with Crippen molar-refractivity contribution in [3.8, 4) is 5.75 Å². The number of rotatable bonds is 8. The van der Waals surface area contributed by atoms with Crippen molar-refractivity contribution in [3.63, 3.8) is 0 Å². The Balaban J connectivity index is 2.66. The number of carboxylic acid groups (broad SMARTS) is 1. The van der Waals surface area contributed by atoms with Gasteiger partial charge in [0.15, 0.2) is 0 Å². The molecule has 0 heterocycles. The number of carbonyl (C=O) groups is 2. The van der Waals surface area contributed by atoms with Crippen LogP contribution in [0.3, 0.4) is 0 Å². The van der Waals surface area contributed by atoms with E-state index < -0.39 is 17.9 Å². The summed E-state index contributed by atoms with van der Waals surface area (Å²) in [6, 6.07) is 5.73. The second-order valence-corrected chi connectivity index (χ2v) is 5.40. The van der Waals surface area contributed by atoms with Gasteiger partial charge in [0, 0.05) is 5.56 Å². The minimum Gasteiger partial charge on any atom is -0.493 e. The van der Waals surface area contributed by atoms with Gasteiger partial charge in [-0.1, -0.05) is 26.0 Å². The highest BCUT2D eigenvalue weighted by Gasteiger charge is 2.19. The largest absolute Gasteiger partial charge is 0.493 e. The fourth-order valence-electron chi connectivity index (χ4n) is 1.70. The number of allylic oxidation sites excluding steroid dienone is 1. The molecule has 0 aromatic heterocycles. The second kappa shape index (κ2) is 8.87. The van der Waals surface area contributed by atoms with Gasteiger partial charge >= 0.3 is 5.97 Å². The molecule has 0 aliphatic carbocycles. The van der Waals surface area contributed by atoms with Gasteiger partial charge < -0.3 is 15.2 Å². The van der Waals surface area contributed by atoms with Gasteiger partial charge in [-0.05, 0) is 43.5 Å². The zero-order chi connectivity index (χ0) is 16.5. The fraction of sp³-hybridized carbons (Fsp3) is 0.412. The number of amides is 1. The van der Waals surface area contributed by atoms with Crippen LogP contribution in [0.15, 0.2) is 36.4 Å². The molecule has 1 unspecified atom stereocenters. The average molecular weight is 305 g/mol. The highest BCUT2D eigenvalue weighted by Crippen LogP contribution is 2.13. The summed E-state index contributed by atoms with van der Waals surface area (Å²) in [5.41, 5.74) is 0.406. The molecule has 1 aromatic rings. The van der Waals surface area contributed by atoms with Gasteiger partial charge in [-0.25, -0.2) is 4.79 Å². The maximum absolute atomic E-state index is 12.1. The second-order valence-electron chi connectivity index (χ2n) is 5.40. The fourth-order valence-corrected chi connectivity index (χ4v) is 1.70. The third kappa shape index (κ3) is 5.99. The Bertz CT molecular complexity index is 520. The van der Waals surface area contributed by atoms with Crippen LogP contribution in [-0.4, -0.2) is 29.6 Å². The summed E-state index contributed by atoms with van der Waals surface area (Å²) < 4.78 is 5.54. The number of carbonyl (C=O) groups excluding carboxylic acids is 1. The normalized spacial score (nSPS) is 12.4. The highest BCUT2D eigenvalue weighted by molar-refractivity contribution is 5.96. The van der Waals surface area contributed by atoms with Crippen LogP contribution in [-0.2, 0) is 4.79 Å². The molecule has 2 N–H and O–H groups in total. The number of hydrogen-bond donors (Lipinski definition) is 2. The Hall–Kier alpha value is -2.30. The van der Waals surface area contributed by atoms with Gasteiger partial charge in [0.1, 0.15) is 11.8 Å². The Morgan fingerprint density at radius 2 is 1.91 bits per heavy atom.